The SMILES string of the molecule is O=C1OC(c2ccccc2)=NC1=Cn1ccnc1. The Labute approximate surface area is 103 Å². The summed E-state index contributed by atoms with van der Waals surface area (Å²) in [5, 5.41) is 0. The lowest BCUT2D eigenvalue weighted by molar-refractivity contribution is -0.129. The van der Waals surface area contributed by atoms with E-state index < -0.39 is 5.97 Å². The van der Waals surface area contributed by atoms with Crippen molar-refractivity contribution in [1.29, 1.82) is 0 Å². The maximum Gasteiger partial charge on any atom is 0.365 e. The second-order valence-corrected chi connectivity index (χ2v) is 3.70. The van der Waals surface area contributed by atoms with Crippen molar-refractivity contribution >= 4 is 18.1 Å². The van der Waals surface area contributed by atoms with Gasteiger partial charge in [0.2, 0.25) is 5.90 Å². The number of aromatic nitrogens is 2. The van der Waals surface area contributed by atoms with E-state index >= 15 is 0 Å². The Morgan fingerprint density at radius 2 is 2.06 bits per heavy atom. The number of hydrogen-bond acceptors (Lipinski definition) is 4. The zero-order chi connectivity index (χ0) is 12.4. The molecule has 2 aromatic rings. The Morgan fingerprint density at radius 1 is 1.22 bits per heavy atom. The van der Waals surface area contributed by atoms with Gasteiger partial charge in [-0.1, -0.05) is 18.2 Å². The number of rotatable bonds is 2. The fourth-order valence-electron chi connectivity index (χ4n) is 1.59. The maximum absolute atomic E-state index is 11.6. The average Bonchev–Trinajstić information content (AvgIpc) is 3.02. The number of cyclic esters (lactones) is 1. The highest BCUT2D eigenvalue weighted by atomic mass is 16.6. The number of hydrogen-bond donors (Lipinski definition) is 0. The molecular weight excluding hydrogens is 230 g/mol. The molecule has 0 radical (unpaired) electrons. The summed E-state index contributed by atoms with van der Waals surface area (Å²) in [5.41, 5.74) is 1.03. The third kappa shape index (κ3) is 1.93. The summed E-state index contributed by atoms with van der Waals surface area (Å²) < 4.78 is 6.76. The van der Waals surface area contributed by atoms with E-state index in [9.17, 15) is 4.79 Å². The van der Waals surface area contributed by atoms with Gasteiger partial charge in [-0.15, -0.1) is 0 Å². The summed E-state index contributed by atoms with van der Waals surface area (Å²) in [6.45, 7) is 0. The second-order valence-electron chi connectivity index (χ2n) is 3.70. The van der Waals surface area contributed by atoms with E-state index in [1.165, 1.54) is 0 Å². The van der Waals surface area contributed by atoms with Crippen molar-refractivity contribution < 1.29 is 9.53 Å². The Balaban J connectivity index is 1.95. The number of imidazole rings is 1. The van der Waals surface area contributed by atoms with Crippen molar-refractivity contribution in [3.05, 3.63) is 60.3 Å². The van der Waals surface area contributed by atoms with Crippen LogP contribution in [-0.2, 0) is 9.53 Å². The number of carbonyl (C=O) groups excluding carboxylic acids is 1. The van der Waals surface area contributed by atoms with Crippen molar-refractivity contribution in [3.63, 3.8) is 0 Å². The van der Waals surface area contributed by atoms with Crippen LogP contribution in [0.1, 0.15) is 5.56 Å². The molecule has 0 aliphatic carbocycles. The highest BCUT2D eigenvalue weighted by Gasteiger charge is 2.23. The lowest BCUT2D eigenvalue weighted by Crippen LogP contribution is -2.05. The third-order valence-electron chi connectivity index (χ3n) is 2.44. The van der Waals surface area contributed by atoms with Crippen molar-refractivity contribution in [3.8, 4) is 0 Å². The molecule has 1 aromatic heterocycles. The molecule has 5 nitrogen and oxygen atoms in total. The van der Waals surface area contributed by atoms with E-state index in [0.717, 1.165) is 5.56 Å². The van der Waals surface area contributed by atoms with E-state index in [1.54, 1.807) is 29.5 Å². The van der Waals surface area contributed by atoms with Gasteiger partial charge in [-0.3, -0.25) is 0 Å². The van der Waals surface area contributed by atoms with Gasteiger partial charge in [0.1, 0.15) is 0 Å². The van der Waals surface area contributed by atoms with Gasteiger partial charge in [-0.2, -0.15) is 0 Å². The fourth-order valence-corrected chi connectivity index (χ4v) is 1.59. The fraction of sp³-hybridized carbons (Fsp3) is 0. The molecule has 2 heterocycles. The Kier molecular flexibility index (Phi) is 2.49. The molecule has 1 aromatic carbocycles. The average molecular weight is 239 g/mol. The van der Waals surface area contributed by atoms with Gasteiger partial charge in [0.15, 0.2) is 5.70 Å². The number of ether oxygens (including phenoxy) is 1. The minimum atomic E-state index is -0.456. The number of aliphatic imine (C=N–C) groups is 1. The van der Waals surface area contributed by atoms with E-state index in [1.807, 2.05) is 30.3 Å². The van der Waals surface area contributed by atoms with Gasteiger partial charge in [-0.05, 0) is 12.1 Å². The number of nitrogens with zero attached hydrogens (tertiary/aromatic N) is 3. The molecule has 3 rings (SSSR count). The predicted octanol–water partition coefficient (Wildman–Crippen LogP) is 1.69. The number of carbonyl (C=O) groups is 1. The molecule has 18 heavy (non-hydrogen) atoms. The Hall–Kier alpha value is -2.69. The summed E-state index contributed by atoms with van der Waals surface area (Å²) in [7, 11) is 0. The zero-order valence-electron chi connectivity index (χ0n) is 9.35. The highest BCUT2D eigenvalue weighted by molar-refractivity contribution is 6.12. The van der Waals surface area contributed by atoms with E-state index in [-0.39, 0.29) is 5.70 Å². The molecule has 0 spiro atoms. The van der Waals surface area contributed by atoms with Gasteiger partial charge >= 0.3 is 5.97 Å². The molecule has 88 valence electrons. The number of esters is 1. The van der Waals surface area contributed by atoms with Crippen molar-refractivity contribution in [2.45, 2.75) is 0 Å². The van der Waals surface area contributed by atoms with Crippen LogP contribution in [0.2, 0.25) is 0 Å². The first-order valence-electron chi connectivity index (χ1n) is 5.38. The third-order valence-corrected chi connectivity index (χ3v) is 2.44. The normalized spacial score (nSPS) is 16.8. The largest absolute Gasteiger partial charge is 0.402 e. The van der Waals surface area contributed by atoms with Crippen LogP contribution >= 0.6 is 0 Å². The van der Waals surface area contributed by atoms with Crippen LogP contribution in [0.25, 0.3) is 6.20 Å². The second kappa shape index (κ2) is 4.29. The molecule has 0 fully saturated rings. The minimum Gasteiger partial charge on any atom is -0.402 e. The molecule has 0 bridgehead atoms. The highest BCUT2D eigenvalue weighted by Crippen LogP contribution is 2.16. The molecule has 0 unspecified atom stereocenters. The quantitative estimate of drug-likeness (QED) is 0.592. The molecule has 1 aliphatic rings. The molecule has 0 saturated carbocycles. The van der Waals surface area contributed by atoms with Crippen LogP contribution in [0.15, 0.2) is 59.7 Å². The topological polar surface area (TPSA) is 56.5 Å². The van der Waals surface area contributed by atoms with E-state index in [0.29, 0.717) is 5.90 Å². The van der Waals surface area contributed by atoms with Gasteiger partial charge in [0.25, 0.3) is 0 Å². The first kappa shape index (κ1) is 10.5. The molecule has 1 aliphatic heterocycles. The summed E-state index contributed by atoms with van der Waals surface area (Å²) >= 11 is 0. The maximum atomic E-state index is 11.6. The van der Waals surface area contributed by atoms with Crippen LogP contribution in [0.5, 0.6) is 0 Å². The van der Waals surface area contributed by atoms with Crippen LogP contribution in [0.4, 0.5) is 0 Å². The number of benzene rings is 1. The monoisotopic (exact) mass is 239 g/mol. The van der Waals surface area contributed by atoms with Crippen molar-refractivity contribution in [2.75, 3.05) is 0 Å². The van der Waals surface area contributed by atoms with Crippen LogP contribution < -0.4 is 0 Å². The van der Waals surface area contributed by atoms with Gasteiger partial charge in [-0.25, -0.2) is 14.8 Å². The molecular formula is C13H9N3O2. The summed E-state index contributed by atoms with van der Waals surface area (Å²) in [4.78, 5) is 19.7. The van der Waals surface area contributed by atoms with Gasteiger partial charge in [0.05, 0.1) is 6.33 Å². The summed E-state index contributed by atoms with van der Waals surface area (Å²) in [6.07, 6.45) is 6.50. The first-order valence-corrected chi connectivity index (χ1v) is 5.38. The van der Waals surface area contributed by atoms with E-state index in [2.05, 4.69) is 9.98 Å². The predicted molar refractivity (Wildman–Crippen MR) is 65.6 cm³/mol. The zero-order valence-corrected chi connectivity index (χ0v) is 9.35. The van der Waals surface area contributed by atoms with Crippen molar-refractivity contribution in [2.24, 2.45) is 4.99 Å². The summed E-state index contributed by atoms with van der Waals surface area (Å²) in [5.74, 6) is -0.130. The lowest BCUT2D eigenvalue weighted by Gasteiger charge is -1.97. The van der Waals surface area contributed by atoms with Gasteiger partial charge < -0.3 is 9.30 Å². The molecule has 0 atom stereocenters. The lowest BCUT2D eigenvalue weighted by atomic mass is 10.2. The van der Waals surface area contributed by atoms with Crippen LogP contribution in [0, 0.1) is 0 Å². The molecule has 0 N–H and O–H groups in total. The molecule has 0 amide bonds. The summed E-state index contributed by atoms with van der Waals surface area (Å²) in [6, 6.07) is 9.30. The molecule has 5 heteroatoms. The standard InChI is InChI=1S/C13H9N3O2/c17-13-11(8-16-7-6-14-9-16)15-12(18-13)10-4-2-1-3-5-10/h1-9H. The van der Waals surface area contributed by atoms with Gasteiger partial charge in [0, 0.05) is 24.2 Å². The first-order chi connectivity index (χ1) is 8.83. The molecule has 0 saturated heterocycles. The van der Waals surface area contributed by atoms with Crippen LogP contribution in [0.3, 0.4) is 0 Å². The Bertz CT molecular complexity index is 628. The Morgan fingerprint density at radius 3 is 2.78 bits per heavy atom. The minimum absolute atomic E-state index is 0.256. The van der Waals surface area contributed by atoms with Crippen molar-refractivity contribution in [1.82, 2.24) is 9.55 Å². The smallest absolute Gasteiger partial charge is 0.365 e. The van der Waals surface area contributed by atoms with Crippen LogP contribution in [-0.4, -0.2) is 21.4 Å². The van der Waals surface area contributed by atoms with E-state index in [4.69, 9.17) is 4.74 Å².